The summed E-state index contributed by atoms with van der Waals surface area (Å²) >= 11 is 0. The van der Waals surface area contributed by atoms with E-state index in [0.29, 0.717) is 0 Å². The molecule has 0 spiro atoms. The van der Waals surface area contributed by atoms with Gasteiger partial charge in [0.1, 0.15) is 5.69 Å². The Hall–Kier alpha value is -1.84. The van der Waals surface area contributed by atoms with Crippen LogP contribution in [0.3, 0.4) is 0 Å². The molecular weight excluding hydrogens is 233 g/mol. The standard InChI is InChI=1S/C10H11F3N4/c1-7(3-5-14)17(2)9-15-6-4-8(16-9)10(11,12)13/h4,6-7H,3H2,1-2H3. The van der Waals surface area contributed by atoms with Gasteiger partial charge in [0, 0.05) is 19.3 Å². The van der Waals surface area contributed by atoms with Gasteiger partial charge in [0.05, 0.1) is 12.5 Å². The van der Waals surface area contributed by atoms with Crippen LogP contribution in [0.2, 0.25) is 0 Å². The fourth-order valence-corrected chi connectivity index (χ4v) is 1.14. The maximum absolute atomic E-state index is 12.4. The molecule has 0 N–H and O–H groups in total. The number of nitriles is 1. The number of aromatic nitrogens is 2. The predicted molar refractivity (Wildman–Crippen MR) is 55.1 cm³/mol. The Balaban J connectivity index is 2.96. The van der Waals surface area contributed by atoms with Crippen molar-refractivity contribution in [3.63, 3.8) is 0 Å². The van der Waals surface area contributed by atoms with Crippen LogP contribution in [0.15, 0.2) is 12.3 Å². The summed E-state index contributed by atoms with van der Waals surface area (Å²) in [6.07, 6.45) is -3.24. The lowest BCUT2D eigenvalue weighted by Crippen LogP contribution is -2.30. The third-order valence-corrected chi connectivity index (χ3v) is 2.30. The van der Waals surface area contributed by atoms with Crippen molar-refractivity contribution in [2.45, 2.75) is 25.6 Å². The molecule has 0 amide bonds. The number of rotatable bonds is 3. The van der Waals surface area contributed by atoms with Crippen molar-refractivity contribution in [3.8, 4) is 6.07 Å². The van der Waals surface area contributed by atoms with E-state index in [0.717, 1.165) is 12.3 Å². The van der Waals surface area contributed by atoms with E-state index >= 15 is 0 Å². The van der Waals surface area contributed by atoms with Gasteiger partial charge in [-0.1, -0.05) is 0 Å². The first-order chi connectivity index (χ1) is 7.86. The van der Waals surface area contributed by atoms with Crippen LogP contribution in [-0.4, -0.2) is 23.1 Å². The molecule has 1 unspecified atom stereocenters. The van der Waals surface area contributed by atoms with Gasteiger partial charge in [-0.05, 0) is 13.0 Å². The molecule has 0 saturated carbocycles. The molecule has 1 rings (SSSR count). The highest BCUT2D eigenvalue weighted by molar-refractivity contribution is 5.31. The van der Waals surface area contributed by atoms with Crippen molar-refractivity contribution in [2.75, 3.05) is 11.9 Å². The molecule has 1 atom stereocenters. The fraction of sp³-hybridized carbons (Fsp3) is 0.500. The van der Waals surface area contributed by atoms with Crippen LogP contribution in [0, 0.1) is 11.3 Å². The molecule has 0 aliphatic heterocycles. The van der Waals surface area contributed by atoms with Gasteiger partial charge in [0.2, 0.25) is 5.95 Å². The molecule has 7 heteroatoms. The maximum Gasteiger partial charge on any atom is 0.433 e. The number of anilines is 1. The predicted octanol–water partition coefficient (Wildman–Crippen LogP) is 2.23. The molecule has 1 aromatic heterocycles. The second kappa shape index (κ2) is 4.99. The minimum absolute atomic E-state index is 0.0393. The van der Waals surface area contributed by atoms with Crippen molar-refractivity contribution >= 4 is 5.95 Å². The molecule has 17 heavy (non-hydrogen) atoms. The SMILES string of the molecule is CC(CC#N)N(C)c1nccc(C(F)(F)F)n1. The highest BCUT2D eigenvalue weighted by atomic mass is 19.4. The zero-order valence-electron chi connectivity index (χ0n) is 9.36. The second-order valence-electron chi connectivity index (χ2n) is 3.56. The van der Waals surface area contributed by atoms with E-state index in [4.69, 9.17) is 5.26 Å². The quantitative estimate of drug-likeness (QED) is 0.818. The first-order valence-corrected chi connectivity index (χ1v) is 4.86. The molecule has 0 fully saturated rings. The van der Waals surface area contributed by atoms with Crippen LogP contribution >= 0.6 is 0 Å². The van der Waals surface area contributed by atoms with Crippen molar-refractivity contribution in [3.05, 3.63) is 18.0 Å². The van der Waals surface area contributed by atoms with Crippen molar-refractivity contribution < 1.29 is 13.2 Å². The number of halogens is 3. The van der Waals surface area contributed by atoms with Crippen LogP contribution in [-0.2, 0) is 6.18 Å². The van der Waals surface area contributed by atoms with Gasteiger partial charge in [-0.2, -0.15) is 18.4 Å². The Bertz CT molecular complexity index is 424. The number of nitrogens with zero attached hydrogens (tertiary/aromatic N) is 4. The van der Waals surface area contributed by atoms with E-state index in [2.05, 4.69) is 9.97 Å². The Morgan fingerprint density at radius 2 is 2.18 bits per heavy atom. The zero-order chi connectivity index (χ0) is 13.1. The van der Waals surface area contributed by atoms with Crippen molar-refractivity contribution in [1.82, 2.24) is 9.97 Å². The summed E-state index contributed by atoms with van der Waals surface area (Å²) in [4.78, 5) is 8.63. The van der Waals surface area contributed by atoms with Crippen LogP contribution in [0.4, 0.5) is 19.1 Å². The van der Waals surface area contributed by atoms with E-state index < -0.39 is 11.9 Å². The summed E-state index contributed by atoms with van der Waals surface area (Å²) in [5, 5.41) is 8.52. The molecule has 0 radical (unpaired) electrons. The number of hydrogen-bond donors (Lipinski definition) is 0. The summed E-state index contributed by atoms with van der Waals surface area (Å²) in [7, 11) is 1.55. The van der Waals surface area contributed by atoms with E-state index in [1.165, 1.54) is 4.90 Å². The van der Waals surface area contributed by atoms with E-state index in [1.807, 2.05) is 6.07 Å². The lowest BCUT2D eigenvalue weighted by atomic mass is 10.2. The summed E-state index contributed by atoms with van der Waals surface area (Å²) < 4.78 is 37.3. The Morgan fingerprint density at radius 3 is 2.71 bits per heavy atom. The van der Waals surface area contributed by atoms with Gasteiger partial charge in [0.15, 0.2) is 0 Å². The third-order valence-electron chi connectivity index (χ3n) is 2.30. The first-order valence-electron chi connectivity index (χ1n) is 4.86. The fourth-order valence-electron chi connectivity index (χ4n) is 1.14. The smallest absolute Gasteiger partial charge is 0.340 e. The van der Waals surface area contributed by atoms with Crippen LogP contribution in [0.25, 0.3) is 0 Å². The van der Waals surface area contributed by atoms with Gasteiger partial charge in [-0.3, -0.25) is 0 Å². The molecule has 1 aromatic rings. The molecule has 0 aliphatic rings. The summed E-state index contributed by atoms with van der Waals surface area (Å²) in [5.41, 5.74) is -0.987. The Morgan fingerprint density at radius 1 is 1.53 bits per heavy atom. The van der Waals surface area contributed by atoms with Gasteiger partial charge in [0.25, 0.3) is 0 Å². The molecule has 4 nitrogen and oxygen atoms in total. The van der Waals surface area contributed by atoms with E-state index in [1.54, 1.807) is 14.0 Å². The maximum atomic E-state index is 12.4. The Labute approximate surface area is 96.7 Å². The first kappa shape index (κ1) is 13.2. The zero-order valence-corrected chi connectivity index (χ0v) is 9.36. The highest BCUT2D eigenvalue weighted by Crippen LogP contribution is 2.28. The summed E-state index contributed by atoms with van der Waals surface area (Å²) in [6, 6.07) is 2.51. The van der Waals surface area contributed by atoms with Gasteiger partial charge >= 0.3 is 6.18 Å². The van der Waals surface area contributed by atoms with Crippen molar-refractivity contribution in [1.29, 1.82) is 5.26 Å². The molecular formula is C10H11F3N4. The lowest BCUT2D eigenvalue weighted by Gasteiger charge is -2.23. The molecule has 92 valence electrons. The van der Waals surface area contributed by atoms with Crippen LogP contribution in [0.1, 0.15) is 19.0 Å². The minimum Gasteiger partial charge on any atom is -0.340 e. The highest BCUT2D eigenvalue weighted by Gasteiger charge is 2.33. The monoisotopic (exact) mass is 244 g/mol. The largest absolute Gasteiger partial charge is 0.433 e. The second-order valence-corrected chi connectivity index (χ2v) is 3.56. The van der Waals surface area contributed by atoms with Gasteiger partial charge < -0.3 is 4.90 Å². The van der Waals surface area contributed by atoms with E-state index in [9.17, 15) is 13.2 Å². The normalized spacial score (nSPS) is 12.9. The van der Waals surface area contributed by atoms with Crippen LogP contribution < -0.4 is 4.90 Å². The topological polar surface area (TPSA) is 52.8 Å². The summed E-state index contributed by atoms with van der Waals surface area (Å²) in [6.45, 7) is 1.72. The number of hydrogen-bond acceptors (Lipinski definition) is 4. The lowest BCUT2D eigenvalue weighted by molar-refractivity contribution is -0.141. The molecule has 1 heterocycles. The third kappa shape index (κ3) is 3.31. The van der Waals surface area contributed by atoms with Gasteiger partial charge in [-0.15, -0.1) is 0 Å². The van der Waals surface area contributed by atoms with E-state index in [-0.39, 0.29) is 18.4 Å². The molecule has 0 aromatic carbocycles. The molecule has 0 saturated heterocycles. The number of alkyl halides is 3. The van der Waals surface area contributed by atoms with Crippen molar-refractivity contribution in [2.24, 2.45) is 0 Å². The summed E-state index contributed by atoms with van der Waals surface area (Å²) in [5.74, 6) is -0.0393. The average Bonchev–Trinajstić information content (AvgIpc) is 2.27. The van der Waals surface area contributed by atoms with Crippen LogP contribution in [0.5, 0.6) is 0 Å². The van der Waals surface area contributed by atoms with Gasteiger partial charge in [-0.25, -0.2) is 9.97 Å². The Kier molecular flexibility index (Phi) is 3.89. The average molecular weight is 244 g/mol. The molecule has 0 aliphatic carbocycles. The molecule has 0 bridgehead atoms. The minimum atomic E-state index is -4.49.